The highest BCUT2D eigenvalue weighted by Gasteiger charge is 2.23. The van der Waals surface area contributed by atoms with Crippen LogP contribution < -0.4 is 11.1 Å². The maximum Gasteiger partial charge on any atom is 0.408 e. The van der Waals surface area contributed by atoms with E-state index in [2.05, 4.69) is 10.3 Å². The molecule has 0 fully saturated rings. The van der Waals surface area contributed by atoms with E-state index in [9.17, 15) is 9.59 Å². The lowest BCUT2D eigenvalue weighted by molar-refractivity contribution is 0.0497. The topological polar surface area (TPSA) is 94.3 Å². The number of aromatic nitrogens is 1. The molecule has 0 spiro atoms. The molecule has 0 aromatic carbocycles. The summed E-state index contributed by atoms with van der Waals surface area (Å²) in [6, 6.07) is -0.294. The zero-order chi connectivity index (χ0) is 16.2. The molecule has 0 saturated carbocycles. The van der Waals surface area contributed by atoms with E-state index < -0.39 is 17.6 Å². The van der Waals surface area contributed by atoms with E-state index in [1.54, 1.807) is 26.2 Å². The number of hydrogen-bond donors (Lipinski definition) is 2. The fourth-order valence-electron chi connectivity index (χ4n) is 1.70. The third kappa shape index (κ3) is 6.12. The molecule has 0 aliphatic heterocycles. The van der Waals surface area contributed by atoms with Gasteiger partial charge in [-0.25, -0.2) is 9.78 Å². The number of alkyl carbamates (subject to hydrolysis) is 1. The van der Waals surface area contributed by atoms with Gasteiger partial charge in [-0.05, 0) is 33.1 Å². The first-order chi connectivity index (χ1) is 9.58. The number of rotatable bonds is 5. The highest BCUT2D eigenvalue weighted by atomic mass is 32.1. The Morgan fingerprint density at radius 3 is 2.48 bits per heavy atom. The van der Waals surface area contributed by atoms with Gasteiger partial charge in [0.05, 0.1) is 6.04 Å². The summed E-state index contributed by atoms with van der Waals surface area (Å²) in [5.74, 6) is -0.219. The number of nitrogens with one attached hydrogen (secondary N) is 1. The Bertz CT molecular complexity index is 506. The molecule has 118 valence electrons. The second-order valence-electron chi connectivity index (χ2n) is 6.26. The number of carbonyl (C=O) groups excluding carboxylic acids is 2. The second kappa shape index (κ2) is 6.89. The average Bonchev–Trinajstić information content (AvgIpc) is 2.73. The predicted octanol–water partition coefficient (Wildman–Crippen LogP) is 2.85. The number of ether oxygens (including phenoxy) is 1. The van der Waals surface area contributed by atoms with Crippen LogP contribution in [0.1, 0.15) is 62.6 Å². The molecule has 0 unspecified atom stereocenters. The molecule has 1 atom stereocenters. The first-order valence-electron chi connectivity index (χ1n) is 6.83. The van der Waals surface area contributed by atoms with Crippen molar-refractivity contribution in [2.24, 2.45) is 11.7 Å². The van der Waals surface area contributed by atoms with Gasteiger partial charge in [0, 0.05) is 5.38 Å². The zero-order valence-corrected chi connectivity index (χ0v) is 13.9. The number of nitrogens with two attached hydrogens (primary N) is 1. The number of carbonyl (C=O) groups is 2. The summed E-state index contributed by atoms with van der Waals surface area (Å²) in [4.78, 5) is 27.2. The van der Waals surface area contributed by atoms with E-state index in [1.165, 1.54) is 11.3 Å². The Morgan fingerprint density at radius 2 is 2.05 bits per heavy atom. The maximum absolute atomic E-state index is 11.9. The van der Waals surface area contributed by atoms with Gasteiger partial charge in [-0.1, -0.05) is 13.8 Å². The number of amides is 2. The van der Waals surface area contributed by atoms with E-state index >= 15 is 0 Å². The fourth-order valence-corrected chi connectivity index (χ4v) is 2.58. The van der Waals surface area contributed by atoms with Crippen LogP contribution in [0.3, 0.4) is 0 Å². The highest BCUT2D eigenvalue weighted by Crippen LogP contribution is 2.25. The normalized spacial score (nSPS) is 13.0. The maximum atomic E-state index is 11.9. The lowest BCUT2D eigenvalue weighted by atomic mass is 10.0. The molecule has 1 aromatic rings. The molecule has 6 nitrogen and oxygen atoms in total. The number of nitrogens with zero attached hydrogens (tertiary/aromatic N) is 1. The van der Waals surface area contributed by atoms with Gasteiger partial charge in [0.25, 0.3) is 5.91 Å². The molecule has 7 heteroatoms. The molecule has 0 bridgehead atoms. The van der Waals surface area contributed by atoms with E-state index in [1.807, 2.05) is 13.8 Å². The molecular formula is C14H23N3O3S. The summed E-state index contributed by atoms with van der Waals surface area (Å²) >= 11 is 1.31. The van der Waals surface area contributed by atoms with Crippen molar-refractivity contribution in [2.75, 3.05) is 0 Å². The van der Waals surface area contributed by atoms with Crippen LogP contribution in [0.2, 0.25) is 0 Å². The molecule has 1 heterocycles. The molecule has 3 N–H and O–H groups in total. The van der Waals surface area contributed by atoms with Crippen molar-refractivity contribution in [3.8, 4) is 0 Å². The summed E-state index contributed by atoms with van der Waals surface area (Å²) in [6.45, 7) is 9.51. The van der Waals surface area contributed by atoms with Crippen LogP contribution in [0.4, 0.5) is 4.79 Å². The lowest BCUT2D eigenvalue weighted by Crippen LogP contribution is -2.35. The third-order valence-corrected chi connectivity index (χ3v) is 3.43. The Hall–Kier alpha value is -1.63. The summed E-state index contributed by atoms with van der Waals surface area (Å²) in [7, 11) is 0. The van der Waals surface area contributed by atoms with E-state index in [0.29, 0.717) is 17.3 Å². The molecule has 0 aliphatic carbocycles. The quantitative estimate of drug-likeness (QED) is 0.874. The number of hydrogen-bond acceptors (Lipinski definition) is 5. The van der Waals surface area contributed by atoms with Crippen molar-refractivity contribution in [1.82, 2.24) is 10.3 Å². The summed E-state index contributed by atoms with van der Waals surface area (Å²) in [5.41, 5.74) is 4.86. The van der Waals surface area contributed by atoms with Crippen molar-refractivity contribution in [3.05, 3.63) is 16.1 Å². The second-order valence-corrected chi connectivity index (χ2v) is 7.15. The van der Waals surface area contributed by atoms with Crippen molar-refractivity contribution in [3.63, 3.8) is 0 Å². The Balaban J connectivity index is 2.84. The van der Waals surface area contributed by atoms with Crippen LogP contribution in [-0.2, 0) is 4.74 Å². The zero-order valence-electron chi connectivity index (χ0n) is 13.1. The minimum Gasteiger partial charge on any atom is -0.444 e. The average molecular weight is 313 g/mol. The summed E-state index contributed by atoms with van der Waals surface area (Å²) in [6.07, 6.45) is 0.203. The van der Waals surface area contributed by atoms with Crippen LogP contribution in [0.15, 0.2) is 5.38 Å². The van der Waals surface area contributed by atoms with Gasteiger partial charge in [0.1, 0.15) is 16.3 Å². The minimum absolute atomic E-state index is 0.217. The summed E-state index contributed by atoms with van der Waals surface area (Å²) < 4.78 is 5.26. The molecule has 1 aromatic heterocycles. The Morgan fingerprint density at radius 1 is 1.43 bits per heavy atom. The van der Waals surface area contributed by atoms with Gasteiger partial charge in [-0.3, -0.25) is 4.79 Å². The van der Waals surface area contributed by atoms with E-state index in [0.717, 1.165) is 0 Å². The monoisotopic (exact) mass is 313 g/mol. The van der Waals surface area contributed by atoms with Crippen LogP contribution in [0.25, 0.3) is 0 Å². The smallest absolute Gasteiger partial charge is 0.408 e. The molecule has 0 radical (unpaired) electrons. The van der Waals surface area contributed by atoms with E-state index in [4.69, 9.17) is 10.5 Å². The highest BCUT2D eigenvalue weighted by molar-refractivity contribution is 7.09. The van der Waals surface area contributed by atoms with E-state index in [-0.39, 0.29) is 11.7 Å². The Kier molecular flexibility index (Phi) is 5.71. The molecular weight excluding hydrogens is 290 g/mol. The van der Waals surface area contributed by atoms with Gasteiger partial charge in [-0.15, -0.1) is 11.3 Å². The Labute approximate surface area is 129 Å². The lowest BCUT2D eigenvalue weighted by Gasteiger charge is -2.23. The van der Waals surface area contributed by atoms with Crippen molar-refractivity contribution >= 4 is 23.3 Å². The molecule has 2 amide bonds. The molecule has 1 rings (SSSR count). The number of primary amides is 1. The first-order valence-corrected chi connectivity index (χ1v) is 7.71. The van der Waals surface area contributed by atoms with Crippen LogP contribution >= 0.6 is 11.3 Å². The largest absolute Gasteiger partial charge is 0.444 e. The van der Waals surface area contributed by atoms with Crippen molar-refractivity contribution in [2.45, 2.75) is 52.7 Å². The summed E-state index contributed by atoms with van der Waals surface area (Å²) in [5, 5.41) is 5.06. The predicted molar refractivity (Wildman–Crippen MR) is 82.2 cm³/mol. The van der Waals surface area contributed by atoms with Gasteiger partial charge < -0.3 is 15.8 Å². The standard InChI is InChI=1S/C14H23N3O3S/c1-8(2)6-9(17-13(19)20-14(3,4)5)12-16-10(7-21-12)11(15)18/h7-9H,6H2,1-5H3,(H2,15,18)(H,17,19)/t9-/m0/s1. The molecule has 0 aliphatic rings. The fraction of sp³-hybridized carbons (Fsp3) is 0.643. The minimum atomic E-state index is -0.571. The van der Waals surface area contributed by atoms with Gasteiger partial charge >= 0.3 is 6.09 Å². The van der Waals surface area contributed by atoms with Crippen LogP contribution in [0.5, 0.6) is 0 Å². The van der Waals surface area contributed by atoms with Gasteiger partial charge in [0.15, 0.2) is 0 Å². The molecule has 0 saturated heterocycles. The SMILES string of the molecule is CC(C)C[C@H](NC(=O)OC(C)(C)C)c1nc(C(N)=O)cs1. The van der Waals surface area contributed by atoms with Crippen LogP contribution in [0, 0.1) is 5.92 Å². The van der Waals surface area contributed by atoms with Gasteiger partial charge in [-0.2, -0.15) is 0 Å². The van der Waals surface area contributed by atoms with Crippen molar-refractivity contribution < 1.29 is 14.3 Å². The van der Waals surface area contributed by atoms with Gasteiger partial charge in [0.2, 0.25) is 0 Å². The molecule has 21 heavy (non-hydrogen) atoms. The third-order valence-electron chi connectivity index (χ3n) is 2.47. The van der Waals surface area contributed by atoms with Crippen LogP contribution in [-0.4, -0.2) is 22.6 Å². The first kappa shape index (κ1) is 17.4. The number of thiazole rings is 1. The van der Waals surface area contributed by atoms with Crippen molar-refractivity contribution in [1.29, 1.82) is 0 Å².